The smallest absolute Gasteiger partial charge is 0.0418 e. The van der Waals surface area contributed by atoms with Crippen LogP contribution in [0.4, 0.5) is 0 Å². The highest BCUT2D eigenvalue weighted by Gasteiger charge is 2.19. The molecule has 0 amide bonds. The zero-order valence-electron chi connectivity index (χ0n) is 6.20. The molecule has 49 valence electrons. The molecule has 1 saturated carbocycles. The third-order valence-corrected chi connectivity index (χ3v) is 1.43. The average molecular weight is 121 g/mol. The Balaban J connectivity index is 2.09. The molecule has 0 aromatic carbocycles. The van der Waals surface area contributed by atoms with Gasteiger partial charge >= 0.3 is 0 Å². The van der Waals surface area contributed by atoms with E-state index >= 15 is 0 Å². The number of hydrogen-bond donors (Lipinski definition) is 0. The van der Waals surface area contributed by atoms with Gasteiger partial charge in [0.05, 0.1) is 0 Å². The normalized spacial score (nSPS) is 17.2. The fourth-order valence-electron chi connectivity index (χ4n) is 0.694. The first kappa shape index (κ1) is 6.68. The Bertz CT molecular complexity index is 130. The molecular weight excluding hydrogens is 108 g/mol. The van der Waals surface area contributed by atoms with Crippen molar-refractivity contribution < 1.29 is 0 Å². The van der Waals surface area contributed by atoms with E-state index in [0.717, 1.165) is 12.3 Å². The molecule has 1 aliphatic carbocycles. The molecule has 0 heterocycles. The molecule has 0 spiro atoms. The van der Waals surface area contributed by atoms with Gasteiger partial charge in [-0.05, 0) is 32.6 Å². The summed E-state index contributed by atoms with van der Waals surface area (Å²) >= 11 is 0. The van der Waals surface area contributed by atoms with E-state index < -0.39 is 0 Å². The van der Waals surface area contributed by atoms with Gasteiger partial charge in [-0.25, -0.2) is 0 Å². The lowest BCUT2D eigenvalue weighted by Gasteiger charge is -1.85. The SMILES string of the molecule is C[C](C)C#CCC1CC1. The van der Waals surface area contributed by atoms with Crippen LogP contribution in [0.1, 0.15) is 33.1 Å². The zero-order chi connectivity index (χ0) is 6.69. The maximum Gasteiger partial charge on any atom is 0.0418 e. The highest BCUT2D eigenvalue weighted by molar-refractivity contribution is 5.17. The molecule has 0 aromatic heterocycles. The summed E-state index contributed by atoms with van der Waals surface area (Å²) in [6.07, 6.45) is 3.96. The van der Waals surface area contributed by atoms with Crippen LogP contribution >= 0.6 is 0 Å². The largest absolute Gasteiger partial charge is 0.102 e. The van der Waals surface area contributed by atoms with Gasteiger partial charge in [0.1, 0.15) is 0 Å². The fraction of sp³-hybridized carbons (Fsp3) is 0.667. The van der Waals surface area contributed by atoms with Gasteiger partial charge in [0.15, 0.2) is 0 Å². The minimum Gasteiger partial charge on any atom is -0.102 e. The predicted octanol–water partition coefficient (Wildman–Crippen LogP) is 2.40. The second kappa shape index (κ2) is 2.92. The van der Waals surface area contributed by atoms with Crippen LogP contribution in [-0.4, -0.2) is 0 Å². The van der Waals surface area contributed by atoms with E-state index in [1.165, 1.54) is 18.8 Å². The van der Waals surface area contributed by atoms with Crippen molar-refractivity contribution in [3.05, 3.63) is 5.92 Å². The number of hydrogen-bond acceptors (Lipinski definition) is 0. The van der Waals surface area contributed by atoms with E-state index in [1.807, 2.05) is 0 Å². The Morgan fingerprint density at radius 2 is 2.11 bits per heavy atom. The van der Waals surface area contributed by atoms with Crippen LogP contribution in [0.25, 0.3) is 0 Å². The van der Waals surface area contributed by atoms with Gasteiger partial charge in [-0.15, -0.1) is 5.92 Å². The van der Waals surface area contributed by atoms with Crippen molar-refractivity contribution in [3.8, 4) is 11.8 Å². The molecule has 0 bridgehead atoms. The van der Waals surface area contributed by atoms with E-state index in [1.54, 1.807) is 0 Å². The molecule has 1 radical (unpaired) electrons. The molecular formula is C9H13. The highest BCUT2D eigenvalue weighted by Crippen LogP contribution is 2.31. The van der Waals surface area contributed by atoms with E-state index in [2.05, 4.69) is 25.7 Å². The fourth-order valence-corrected chi connectivity index (χ4v) is 0.694. The molecule has 0 nitrogen and oxygen atoms in total. The quantitative estimate of drug-likeness (QED) is 0.467. The van der Waals surface area contributed by atoms with Gasteiger partial charge < -0.3 is 0 Å². The van der Waals surface area contributed by atoms with Crippen molar-refractivity contribution in [2.24, 2.45) is 5.92 Å². The molecule has 0 heteroatoms. The van der Waals surface area contributed by atoms with E-state index in [9.17, 15) is 0 Å². The standard InChI is InChI=1S/C9H13/c1-8(2)4-3-5-9-6-7-9/h9H,5-7H2,1-2H3. The Hall–Kier alpha value is -0.440. The lowest BCUT2D eigenvalue weighted by molar-refractivity contribution is 0.883. The Labute approximate surface area is 57.7 Å². The maximum atomic E-state index is 3.16. The monoisotopic (exact) mass is 121 g/mol. The van der Waals surface area contributed by atoms with Crippen molar-refractivity contribution in [2.75, 3.05) is 0 Å². The minimum absolute atomic E-state index is 0.955. The Morgan fingerprint density at radius 1 is 1.44 bits per heavy atom. The first-order chi connectivity index (χ1) is 4.29. The molecule has 1 rings (SSSR count). The van der Waals surface area contributed by atoms with Gasteiger partial charge in [0.25, 0.3) is 0 Å². The van der Waals surface area contributed by atoms with Gasteiger partial charge in [-0.3, -0.25) is 0 Å². The summed E-state index contributed by atoms with van der Waals surface area (Å²) in [5.41, 5.74) is 0. The Morgan fingerprint density at radius 3 is 2.56 bits per heavy atom. The van der Waals surface area contributed by atoms with Crippen LogP contribution < -0.4 is 0 Å². The second-order valence-corrected chi connectivity index (χ2v) is 2.95. The van der Waals surface area contributed by atoms with Crippen molar-refractivity contribution in [1.82, 2.24) is 0 Å². The van der Waals surface area contributed by atoms with Crippen LogP contribution in [0, 0.1) is 23.7 Å². The van der Waals surface area contributed by atoms with Gasteiger partial charge in [0.2, 0.25) is 0 Å². The summed E-state index contributed by atoms with van der Waals surface area (Å²) in [5, 5.41) is 0. The first-order valence-corrected chi connectivity index (χ1v) is 3.58. The lowest BCUT2D eigenvalue weighted by atomic mass is 10.2. The van der Waals surface area contributed by atoms with Crippen LogP contribution in [-0.2, 0) is 0 Å². The van der Waals surface area contributed by atoms with Crippen LogP contribution in [0.5, 0.6) is 0 Å². The molecule has 1 aliphatic rings. The molecule has 0 saturated heterocycles. The maximum absolute atomic E-state index is 3.16. The van der Waals surface area contributed by atoms with E-state index in [4.69, 9.17) is 0 Å². The molecule has 0 aromatic rings. The summed E-state index contributed by atoms with van der Waals surface area (Å²) in [6, 6.07) is 0. The van der Waals surface area contributed by atoms with Gasteiger partial charge in [-0.1, -0.05) is 5.92 Å². The number of rotatable bonds is 1. The molecule has 0 unspecified atom stereocenters. The molecule has 0 atom stereocenters. The van der Waals surface area contributed by atoms with Gasteiger partial charge in [-0.2, -0.15) is 0 Å². The molecule has 9 heavy (non-hydrogen) atoms. The lowest BCUT2D eigenvalue weighted by Crippen LogP contribution is -1.75. The van der Waals surface area contributed by atoms with Gasteiger partial charge in [0, 0.05) is 12.3 Å². The third-order valence-electron chi connectivity index (χ3n) is 1.43. The van der Waals surface area contributed by atoms with Crippen LogP contribution in [0.15, 0.2) is 0 Å². The summed E-state index contributed by atoms with van der Waals surface area (Å²) in [7, 11) is 0. The molecule has 0 N–H and O–H groups in total. The molecule has 0 aliphatic heterocycles. The highest BCUT2D eigenvalue weighted by atomic mass is 14.2. The zero-order valence-corrected chi connectivity index (χ0v) is 6.20. The summed E-state index contributed by atoms with van der Waals surface area (Å²) in [6.45, 7) is 4.11. The summed E-state index contributed by atoms with van der Waals surface area (Å²) in [5.74, 6) is 8.43. The van der Waals surface area contributed by atoms with Crippen molar-refractivity contribution in [3.63, 3.8) is 0 Å². The Kier molecular flexibility index (Phi) is 2.16. The van der Waals surface area contributed by atoms with Crippen LogP contribution in [0.2, 0.25) is 0 Å². The molecule has 1 fully saturated rings. The minimum atomic E-state index is 0.955. The van der Waals surface area contributed by atoms with E-state index in [0.29, 0.717) is 0 Å². The van der Waals surface area contributed by atoms with E-state index in [-0.39, 0.29) is 0 Å². The van der Waals surface area contributed by atoms with Crippen molar-refractivity contribution >= 4 is 0 Å². The second-order valence-electron chi connectivity index (χ2n) is 2.95. The predicted molar refractivity (Wildman–Crippen MR) is 39.7 cm³/mol. The van der Waals surface area contributed by atoms with Crippen molar-refractivity contribution in [1.29, 1.82) is 0 Å². The topological polar surface area (TPSA) is 0 Å². The average Bonchev–Trinajstić information content (AvgIpc) is 2.48. The third kappa shape index (κ3) is 3.19. The first-order valence-electron chi connectivity index (χ1n) is 3.58. The van der Waals surface area contributed by atoms with Crippen LogP contribution in [0.3, 0.4) is 0 Å². The summed E-state index contributed by atoms with van der Waals surface area (Å²) < 4.78 is 0. The summed E-state index contributed by atoms with van der Waals surface area (Å²) in [4.78, 5) is 0. The van der Waals surface area contributed by atoms with Crippen molar-refractivity contribution in [2.45, 2.75) is 33.1 Å².